The van der Waals surface area contributed by atoms with Crippen molar-refractivity contribution in [1.29, 1.82) is 0 Å². The van der Waals surface area contributed by atoms with Crippen LogP contribution in [0.25, 0.3) is 22.2 Å². The van der Waals surface area contributed by atoms with Crippen LogP contribution in [0.4, 0.5) is 0 Å². The molecular formula is C12H9N3O. The molecule has 0 aliphatic rings. The highest BCUT2D eigenvalue weighted by molar-refractivity contribution is 5.92. The largest absolute Gasteiger partial charge is 0.346 e. The lowest BCUT2D eigenvalue weighted by molar-refractivity contribution is 1.24. The van der Waals surface area contributed by atoms with Gasteiger partial charge in [0.1, 0.15) is 5.65 Å². The van der Waals surface area contributed by atoms with Gasteiger partial charge in [0.15, 0.2) is 0 Å². The van der Waals surface area contributed by atoms with Gasteiger partial charge in [-0.25, -0.2) is 4.98 Å². The summed E-state index contributed by atoms with van der Waals surface area (Å²) in [5.74, 6) is 0. The Morgan fingerprint density at radius 1 is 1.06 bits per heavy atom. The summed E-state index contributed by atoms with van der Waals surface area (Å²) in [5, 5.41) is 1.02. The maximum Gasteiger partial charge on any atom is 0.248 e. The van der Waals surface area contributed by atoms with Gasteiger partial charge < -0.3 is 9.97 Å². The lowest BCUT2D eigenvalue weighted by Gasteiger charge is -2.01. The van der Waals surface area contributed by atoms with Crippen molar-refractivity contribution in [3.8, 4) is 11.1 Å². The fraction of sp³-hybridized carbons (Fsp3) is 0. The van der Waals surface area contributed by atoms with Gasteiger partial charge in [0.05, 0.1) is 0 Å². The summed E-state index contributed by atoms with van der Waals surface area (Å²) in [5.41, 5.74) is 2.64. The maximum atomic E-state index is 11.3. The Hall–Kier alpha value is -2.36. The first-order chi connectivity index (χ1) is 7.84. The zero-order chi connectivity index (χ0) is 11.0. The van der Waals surface area contributed by atoms with Crippen LogP contribution in [0.3, 0.4) is 0 Å². The van der Waals surface area contributed by atoms with Gasteiger partial charge in [-0.05, 0) is 29.3 Å². The lowest BCUT2D eigenvalue weighted by Crippen LogP contribution is -2.02. The van der Waals surface area contributed by atoms with Crippen molar-refractivity contribution in [2.75, 3.05) is 0 Å². The number of fused-ring (bicyclic) bond motifs is 1. The first-order valence-corrected chi connectivity index (χ1v) is 4.96. The highest BCUT2D eigenvalue weighted by Crippen LogP contribution is 2.25. The van der Waals surface area contributed by atoms with Crippen LogP contribution in [0, 0.1) is 0 Å². The zero-order valence-corrected chi connectivity index (χ0v) is 8.40. The summed E-state index contributed by atoms with van der Waals surface area (Å²) in [7, 11) is 0. The predicted octanol–water partition coefficient (Wildman–Crippen LogP) is 1.92. The van der Waals surface area contributed by atoms with Gasteiger partial charge in [0.25, 0.3) is 0 Å². The number of nitrogens with zero attached hydrogens (tertiary/aromatic N) is 1. The smallest absolute Gasteiger partial charge is 0.248 e. The van der Waals surface area contributed by atoms with E-state index in [0.29, 0.717) is 0 Å². The van der Waals surface area contributed by atoms with Gasteiger partial charge in [-0.3, -0.25) is 4.79 Å². The number of H-pyrrole nitrogens is 2. The summed E-state index contributed by atoms with van der Waals surface area (Å²) in [6.45, 7) is 0. The van der Waals surface area contributed by atoms with Crippen LogP contribution in [-0.4, -0.2) is 15.0 Å². The van der Waals surface area contributed by atoms with Crippen LogP contribution in [-0.2, 0) is 0 Å². The summed E-state index contributed by atoms with van der Waals surface area (Å²) in [4.78, 5) is 21.1. The molecular weight excluding hydrogens is 202 g/mol. The predicted molar refractivity (Wildman–Crippen MR) is 62.2 cm³/mol. The Morgan fingerprint density at radius 2 is 1.94 bits per heavy atom. The number of hydrogen-bond acceptors (Lipinski definition) is 2. The monoisotopic (exact) mass is 211 g/mol. The number of aromatic amines is 2. The first kappa shape index (κ1) is 8.91. The molecule has 0 aromatic carbocycles. The lowest BCUT2D eigenvalue weighted by atomic mass is 10.1. The van der Waals surface area contributed by atoms with Crippen molar-refractivity contribution < 1.29 is 0 Å². The summed E-state index contributed by atoms with van der Waals surface area (Å²) < 4.78 is 0. The molecule has 0 fully saturated rings. The van der Waals surface area contributed by atoms with Gasteiger partial charge in [0.2, 0.25) is 5.56 Å². The highest BCUT2D eigenvalue weighted by atomic mass is 16.1. The number of nitrogens with one attached hydrogen (secondary N) is 2. The molecule has 0 amide bonds. The fourth-order valence-electron chi connectivity index (χ4n) is 1.82. The molecule has 0 saturated carbocycles. The van der Waals surface area contributed by atoms with Crippen molar-refractivity contribution in [2.45, 2.75) is 0 Å². The van der Waals surface area contributed by atoms with E-state index in [0.717, 1.165) is 22.2 Å². The molecule has 3 aromatic rings. The van der Waals surface area contributed by atoms with E-state index in [1.165, 1.54) is 0 Å². The maximum absolute atomic E-state index is 11.3. The summed E-state index contributed by atoms with van der Waals surface area (Å²) in [6.07, 6.45) is 5.22. The van der Waals surface area contributed by atoms with Crippen molar-refractivity contribution in [3.05, 3.63) is 53.2 Å². The molecule has 78 valence electrons. The van der Waals surface area contributed by atoms with Crippen molar-refractivity contribution in [2.24, 2.45) is 0 Å². The Kier molecular flexibility index (Phi) is 1.86. The Balaban J connectivity index is 2.33. The SMILES string of the molecule is O=c1cc(-c2ccnc3[nH]ccc23)cc[nH]1. The van der Waals surface area contributed by atoms with Crippen LogP contribution in [0.2, 0.25) is 0 Å². The normalized spacial score (nSPS) is 10.8. The minimum Gasteiger partial charge on any atom is -0.346 e. The fourth-order valence-corrected chi connectivity index (χ4v) is 1.82. The molecule has 0 saturated heterocycles. The molecule has 4 heteroatoms. The highest BCUT2D eigenvalue weighted by Gasteiger charge is 2.04. The van der Waals surface area contributed by atoms with E-state index >= 15 is 0 Å². The van der Waals surface area contributed by atoms with Gasteiger partial charge in [0, 0.05) is 30.0 Å². The molecule has 2 N–H and O–H groups in total. The van der Waals surface area contributed by atoms with Crippen LogP contribution >= 0.6 is 0 Å². The van der Waals surface area contributed by atoms with Gasteiger partial charge >= 0.3 is 0 Å². The van der Waals surface area contributed by atoms with Crippen molar-refractivity contribution in [3.63, 3.8) is 0 Å². The Labute approximate surface area is 91.0 Å². The van der Waals surface area contributed by atoms with Crippen LogP contribution < -0.4 is 5.56 Å². The number of hydrogen-bond donors (Lipinski definition) is 2. The number of rotatable bonds is 1. The number of aromatic nitrogens is 3. The summed E-state index contributed by atoms with van der Waals surface area (Å²) in [6, 6.07) is 7.33. The minimum atomic E-state index is -0.0991. The van der Waals surface area contributed by atoms with E-state index in [2.05, 4.69) is 15.0 Å². The molecule has 0 bridgehead atoms. The van der Waals surface area contributed by atoms with Crippen LogP contribution in [0.1, 0.15) is 0 Å². The first-order valence-electron chi connectivity index (χ1n) is 4.96. The second-order valence-corrected chi connectivity index (χ2v) is 3.54. The quantitative estimate of drug-likeness (QED) is 0.646. The Morgan fingerprint density at radius 3 is 2.81 bits per heavy atom. The van der Waals surface area contributed by atoms with Crippen molar-refractivity contribution >= 4 is 11.0 Å². The Bertz CT molecular complexity index is 696. The average Bonchev–Trinajstić information content (AvgIpc) is 2.76. The van der Waals surface area contributed by atoms with Gasteiger partial charge in [-0.15, -0.1) is 0 Å². The third-order valence-electron chi connectivity index (χ3n) is 2.55. The molecule has 0 aliphatic heterocycles. The molecule has 0 spiro atoms. The molecule has 0 aliphatic carbocycles. The van der Waals surface area contributed by atoms with E-state index in [9.17, 15) is 4.79 Å². The molecule has 0 radical (unpaired) electrons. The molecule has 16 heavy (non-hydrogen) atoms. The van der Waals surface area contributed by atoms with E-state index in [-0.39, 0.29) is 5.56 Å². The standard InChI is InChI=1S/C12H9N3O/c16-11-7-8(1-4-13-11)9-2-5-14-12-10(9)3-6-15-12/h1-7H,(H,13,16)(H,14,15). The third kappa shape index (κ3) is 1.32. The van der Waals surface area contributed by atoms with E-state index < -0.39 is 0 Å². The number of pyridine rings is 2. The molecule has 3 heterocycles. The molecule has 0 atom stereocenters. The molecule has 0 unspecified atom stereocenters. The molecule has 3 aromatic heterocycles. The van der Waals surface area contributed by atoms with Gasteiger partial charge in [-0.2, -0.15) is 0 Å². The third-order valence-corrected chi connectivity index (χ3v) is 2.55. The van der Waals surface area contributed by atoms with Crippen LogP contribution in [0.15, 0.2) is 47.7 Å². The molecule has 3 rings (SSSR count). The molecule has 4 nitrogen and oxygen atoms in total. The zero-order valence-electron chi connectivity index (χ0n) is 8.40. The van der Waals surface area contributed by atoms with Gasteiger partial charge in [-0.1, -0.05) is 0 Å². The second-order valence-electron chi connectivity index (χ2n) is 3.54. The topological polar surface area (TPSA) is 61.5 Å². The minimum absolute atomic E-state index is 0.0991. The summed E-state index contributed by atoms with van der Waals surface area (Å²) >= 11 is 0. The van der Waals surface area contributed by atoms with Crippen molar-refractivity contribution in [1.82, 2.24) is 15.0 Å². The van der Waals surface area contributed by atoms with E-state index in [4.69, 9.17) is 0 Å². The average molecular weight is 211 g/mol. The van der Waals surface area contributed by atoms with E-state index in [1.54, 1.807) is 18.5 Å². The second kappa shape index (κ2) is 3.34. The van der Waals surface area contributed by atoms with E-state index in [1.807, 2.05) is 24.4 Å². The van der Waals surface area contributed by atoms with Crippen LogP contribution in [0.5, 0.6) is 0 Å².